The fourth-order valence-electron chi connectivity index (χ4n) is 0.571. The van der Waals surface area contributed by atoms with Crippen LogP contribution in [0.3, 0.4) is 0 Å². The van der Waals surface area contributed by atoms with E-state index >= 15 is 0 Å². The molecule has 1 amide bonds. The molecule has 4 nitrogen and oxygen atoms in total. The van der Waals surface area contributed by atoms with Crippen LogP contribution < -0.4 is 0 Å². The van der Waals surface area contributed by atoms with Crippen molar-refractivity contribution in [2.45, 2.75) is 60.1 Å². The van der Waals surface area contributed by atoms with Crippen molar-refractivity contribution < 1.29 is 13.6 Å². The molecule has 0 bridgehead atoms. The van der Waals surface area contributed by atoms with Crippen molar-refractivity contribution >= 4 is 50.4 Å². The molecule has 1 unspecified atom stereocenters. The van der Waals surface area contributed by atoms with E-state index in [0.717, 1.165) is 0 Å². The van der Waals surface area contributed by atoms with Gasteiger partial charge in [0, 0.05) is 18.2 Å². The van der Waals surface area contributed by atoms with Gasteiger partial charge in [0.25, 0.3) is 5.91 Å². The Hall–Kier alpha value is 0.500. The molecular weight excluding hydrogens is 346 g/mol. The molecule has 0 aromatic rings. The molecule has 8 heteroatoms. The van der Waals surface area contributed by atoms with Gasteiger partial charge in [0.1, 0.15) is 0 Å². The summed E-state index contributed by atoms with van der Waals surface area (Å²) in [5, 5.41) is 0. The largest absolute Gasteiger partial charge is 0.290 e. The Labute approximate surface area is 147 Å². The summed E-state index contributed by atoms with van der Waals surface area (Å²) in [6, 6.07) is 0. The molecule has 0 fully saturated rings. The lowest BCUT2D eigenvalue weighted by Gasteiger charge is -2.26. The van der Waals surface area contributed by atoms with Crippen molar-refractivity contribution in [3.63, 3.8) is 0 Å². The van der Waals surface area contributed by atoms with Crippen LogP contribution in [0.25, 0.3) is 0 Å². The zero-order valence-corrected chi connectivity index (χ0v) is 18.7. The molecular formula is C13H35NO3S4. The lowest BCUT2D eigenvalue weighted by Crippen LogP contribution is -2.43. The predicted molar refractivity (Wildman–Crippen MR) is 107 cm³/mol. The van der Waals surface area contributed by atoms with E-state index in [4.69, 9.17) is 4.55 Å². The second kappa shape index (κ2) is 20.5. The molecule has 0 aliphatic carbocycles. The number of carbonyl (C=O) groups excluding carboxylic acids is 1. The zero-order valence-electron chi connectivity index (χ0n) is 15.4. The lowest BCUT2D eigenvalue weighted by molar-refractivity contribution is -0.127. The maximum atomic E-state index is 11.5. The van der Waals surface area contributed by atoms with E-state index in [-0.39, 0.29) is 0 Å². The number of hydrogen-bond donors (Lipinski definition) is 2. The average Bonchev–Trinajstić information content (AvgIpc) is 2.52. The molecule has 21 heavy (non-hydrogen) atoms. The molecule has 1 atom stereocenters. The number of amides is 1. The van der Waals surface area contributed by atoms with Gasteiger partial charge in [-0.3, -0.25) is 9.35 Å². The summed E-state index contributed by atoms with van der Waals surface area (Å²) in [6.45, 7) is 15.4. The van der Waals surface area contributed by atoms with Crippen LogP contribution in [0.15, 0.2) is 0 Å². The van der Waals surface area contributed by atoms with Gasteiger partial charge in [-0.25, -0.2) is 8.51 Å². The zero-order chi connectivity index (χ0) is 18.9. The van der Waals surface area contributed by atoms with Gasteiger partial charge in [-0.05, 0) is 26.4 Å². The summed E-state index contributed by atoms with van der Waals surface area (Å²) in [6.07, 6.45) is 3.45. The van der Waals surface area contributed by atoms with Crippen molar-refractivity contribution in [1.29, 1.82) is 0 Å². The second-order valence-electron chi connectivity index (χ2n) is 2.96. The second-order valence-corrected chi connectivity index (χ2v) is 7.14. The Bertz CT molecular complexity index is 305. The summed E-state index contributed by atoms with van der Waals surface area (Å²) < 4.78 is 19.9. The molecule has 0 heterocycles. The fourth-order valence-corrected chi connectivity index (χ4v) is 1.58. The molecule has 0 saturated heterocycles. The van der Waals surface area contributed by atoms with Crippen LogP contribution in [0.5, 0.6) is 0 Å². The first-order valence-electron chi connectivity index (χ1n) is 6.88. The average molecular weight is 382 g/mol. The summed E-state index contributed by atoms with van der Waals surface area (Å²) in [7, 11) is -2.36. The van der Waals surface area contributed by atoms with Gasteiger partial charge in [0.15, 0.2) is 0 Å². The molecule has 0 rings (SSSR count). The van der Waals surface area contributed by atoms with Crippen molar-refractivity contribution in [3.8, 4) is 0 Å². The Morgan fingerprint density at radius 3 is 1.52 bits per heavy atom. The van der Waals surface area contributed by atoms with E-state index < -0.39 is 19.6 Å². The normalized spacial score (nSPS) is 11.3. The minimum absolute atomic E-state index is 0.442. The van der Waals surface area contributed by atoms with Crippen LogP contribution in [0.1, 0.15) is 55.4 Å². The first-order valence-corrected chi connectivity index (χ1v) is 11.4. The van der Waals surface area contributed by atoms with Gasteiger partial charge in [0.2, 0.25) is 8.96 Å². The van der Waals surface area contributed by atoms with Crippen molar-refractivity contribution in [2.75, 3.05) is 19.6 Å². The summed E-state index contributed by atoms with van der Waals surface area (Å²) in [4.78, 5) is 11.5. The van der Waals surface area contributed by atoms with Crippen LogP contribution in [0.4, 0.5) is 0 Å². The Balaban J connectivity index is -0.0000000912. The van der Waals surface area contributed by atoms with Gasteiger partial charge in [-0.15, -0.1) is 11.8 Å². The Kier molecular flexibility index (Phi) is 32.4. The molecule has 0 saturated carbocycles. The van der Waals surface area contributed by atoms with E-state index in [1.54, 1.807) is 26.4 Å². The van der Waals surface area contributed by atoms with Crippen LogP contribution in [0.2, 0.25) is 0 Å². The summed E-state index contributed by atoms with van der Waals surface area (Å²) in [5.41, 5.74) is 0. The van der Waals surface area contributed by atoms with E-state index in [1.807, 2.05) is 41.5 Å². The number of carbonyl (C=O) groups is 1. The Morgan fingerprint density at radius 1 is 1.14 bits per heavy atom. The SMILES string of the molecule is CC.CC.CC.CS.CSC(C)(C)C(=O)N(C)S(=O)(O)=S. The van der Waals surface area contributed by atoms with Crippen molar-refractivity contribution in [3.05, 3.63) is 0 Å². The van der Waals surface area contributed by atoms with Gasteiger partial charge in [-0.1, -0.05) is 41.5 Å². The minimum atomic E-state index is -3.59. The van der Waals surface area contributed by atoms with Crippen molar-refractivity contribution in [1.82, 2.24) is 4.31 Å². The molecule has 134 valence electrons. The fraction of sp³-hybridized carbons (Fsp3) is 0.923. The first-order chi connectivity index (χ1) is 9.63. The topological polar surface area (TPSA) is 57.6 Å². The molecule has 0 aromatic carbocycles. The monoisotopic (exact) mass is 381 g/mol. The molecule has 0 spiro atoms. The van der Waals surface area contributed by atoms with E-state index in [9.17, 15) is 9.00 Å². The predicted octanol–water partition coefficient (Wildman–Crippen LogP) is 4.35. The minimum Gasteiger partial charge on any atom is -0.290 e. The van der Waals surface area contributed by atoms with Crippen LogP contribution in [-0.4, -0.2) is 43.3 Å². The number of rotatable bonds is 3. The molecule has 0 aliphatic rings. The number of hydrogen-bond acceptors (Lipinski definition) is 5. The number of nitrogens with zero attached hydrogens (tertiary/aromatic N) is 1. The highest BCUT2D eigenvalue weighted by molar-refractivity contribution is 8.28. The molecule has 0 aliphatic heterocycles. The maximum absolute atomic E-state index is 11.5. The smallest absolute Gasteiger partial charge is 0.251 e. The van der Waals surface area contributed by atoms with E-state index in [0.29, 0.717) is 4.31 Å². The number of thiol groups is 1. The third-order valence-electron chi connectivity index (χ3n) is 1.66. The van der Waals surface area contributed by atoms with Crippen molar-refractivity contribution in [2.24, 2.45) is 0 Å². The maximum Gasteiger partial charge on any atom is 0.251 e. The lowest BCUT2D eigenvalue weighted by atomic mass is 10.2. The van der Waals surface area contributed by atoms with Gasteiger partial charge in [-0.2, -0.15) is 12.6 Å². The van der Waals surface area contributed by atoms with Crippen LogP contribution in [0, 0.1) is 0 Å². The van der Waals surface area contributed by atoms with E-state index in [2.05, 4.69) is 23.8 Å². The van der Waals surface area contributed by atoms with Crippen LogP contribution in [-0.2, 0) is 24.9 Å². The summed E-state index contributed by atoms with van der Waals surface area (Å²) in [5.74, 6) is -0.442. The highest BCUT2D eigenvalue weighted by Gasteiger charge is 2.32. The first kappa shape index (κ1) is 33.2. The number of thioether (sulfide) groups is 1. The van der Waals surface area contributed by atoms with Gasteiger partial charge < -0.3 is 0 Å². The molecule has 0 aromatic heterocycles. The highest BCUT2D eigenvalue weighted by Crippen LogP contribution is 2.24. The Morgan fingerprint density at radius 2 is 1.38 bits per heavy atom. The molecule has 0 radical (unpaired) electrons. The molecule has 1 N–H and O–H groups in total. The van der Waals surface area contributed by atoms with Gasteiger partial charge >= 0.3 is 0 Å². The third kappa shape index (κ3) is 18.5. The third-order valence-corrected chi connectivity index (χ3v) is 4.38. The van der Waals surface area contributed by atoms with Crippen LogP contribution >= 0.6 is 24.4 Å². The highest BCUT2D eigenvalue weighted by atomic mass is 32.8. The van der Waals surface area contributed by atoms with E-state index in [1.165, 1.54) is 18.8 Å². The summed E-state index contributed by atoms with van der Waals surface area (Å²) >= 11 is 9.11. The standard InChI is InChI=1S/C6H13NO3S3.3C2H6.CH4S/c1-6(2,12-4)5(8)7(3)13(9,10)11;4*1-2/h1-4H3,(H,9,10,11);3*1-2H3;2H,1H3. The van der Waals surface area contributed by atoms with Gasteiger partial charge in [0.05, 0.1) is 4.75 Å². The quantitative estimate of drug-likeness (QED) is 0.712.